The highest BCUT2D eigenvalue weighted by Crippen LogP contribution is 2.32. The lowest BCUT2D eigenvalue weighted by Gasteiger charge is -2.06. The van der Waals surface area contributed by atoms with E-state index in [-0.39, 0.29) is 28.8 Å². The normalized spacial score (nSPS) is 11.5. The van der Waals surface area contributed by atoms with Gasteiger partial charge in [-0.15, -0.1) is 11.3 Å². The second kappa shape index (κ2) is 7.94. The Labute approximate surface area is 150 Å². The van der Waals surface area contributed by atoms with Crippen LogP contribution in [-0.2, 0) is 21.2 Å². The second-order valence-electron chi connectivity index (χ2n) is 5.52. The highest BCUT2D eigenvalue weighted by molar-refractivity contribution is 7.91. The van der Waals surface area contributed by atoms with Gasteiger partial charge in [-0.1, -0.05) is 6.92 Å². The van der Waals surface area contributed by atoms with E-state index in [0.29, 0.717) is 17.7 Å². The van der Waals surface area contributed by atoms with Crippen LogP contribution in [0.5, 0.6) is 0 Å². The summed E-state index contributed by atoms with van der Waals surface area (Å²) in [6.45, 7) is 5.40. The van der Waals surface area contributed by atoms with Gasteiger partial charge in [-0.2, -0.15) is 0 Å². The third-order valence-corrected chi connectivity index (χ3v) is 6.67. The Morgan fingerprint density at radius 1 is 1.28 bits per heavy atom. The number of hydrogen-bond donors (Lipinski definition) is 3. The van der Waals surface area contributed by atoms with E-state index in [2.05, 4.69) is 15.0 Å². The molecule has 136 valence electrons. The highest BCUT2D eigenvalue weighted by atomic mass is 32.2. The van der Waals surface area contributed by atoms with Crippen molar-refractivity contribution in [2.24, 2.45) is 0 Å². The number of H-pyrrole nitrogens is 1. The Balaban J connectivity index is 2.22. The number of carbonyl (C=O) groups is 1. The van der Waals surface area contributed by atoms with E-state index in [0.717, 1.165) is 21.8 Å². The van der Waals surface area contributed by atoms with Crippen molar-refractivity contribution in [2.45, 2.75) is 31.4 Å². The van der Waals surface area contributed by atoms with Crippen molar-refractivity contribution in [1.82, 2.24) is 15.0 Å². The van der Waals surface area contributed by atoms with Crippen molar-refractivity contribution in [3.63, 3.8) is 0 Å². The van der Waals surface area contributed by atoms with Crippen molar-refractivity contribution in [3.8, 4) is 10.4 Å². The molecule has 0 atom stereocenters. The number of rotatable bonds is 7. The van der Waals surface area contributed by atoms with E-state index in [9.17, 15) is 18.0 Å². The van der Waals surface area contributed by atoms with Gasteiger partial charge in [0.15, 0.2) is 0 Å². The first-order valence-corrected chi connectivity index (χ1v) is 10.1. The van der Waals surface area contributed by atoms with E-state index in [1.165, 1.54) is 13.0 Å². The summed E-state index contributed by atoms with van der Waals surface area (Å²) in [6, 6.07) is 5.07. The number of amides is 1. The number of aromatic amines is 1. The molecule has 0 aliphatic carbocycles. The van der Waals surface area contributed by atoms with Gasteiger partial charge in [-0.05, 0) is 31.5 Å². The number of carbonyl (C=O) groups excluding carboxylic acids is 1. The Morgan fingerprint density at radius 2 is 2.00 bits per heavy atom. The van der Waals surface area contributed by atoms with Crippen molar-refractivity contribution >= 4 is 27.3 Å². The Hall–Kier alpha value is -1.97. The number of hydrogen-bond acceptors (Lipinski definition) is 5. The number of nitrogens with one attached hydrogen (secondary N) is 3. The first kappa shape index (κ1) is 19.4. The molecule has 0 unspecified atom stereocenters. The van der Waals surface area contributed by atoms with Crippen molar-refractivity contribution < 1.29 is 13.2 Å². The Bertz CT molecular complexity index is 929. The van der Waals surface area contributed by atoms with Crippen LogP contribution in [0.2, 0.25) is 0 Å². The third-order valence-electron chi connectivity index (χ3n) is 3.60. The summed E-state index contributed by atoms with van der Waals surface area (Å²) in [5, 5.41) is 2.53. The number of pyridine rings is 1. The SMILES string of the molecule is CCc1cc(-c2ccc(S(=O)(=O)NCCNC(C)=O)s2)c(C)[nH]c1=O. The molecule has 0 radical (unpaired) electrons. The van der Waals surface area contributed by atoms with Crippen LogP contribution >= 0.6 is 11.3 Å². The van der Waals surface area contributed by atoms with Gasteiger partial charge < -0.3 is 10.3 Å². The molecule has 0 spiro atoms. The van der Waals surface area contributed by atoms with Crippen molar-refractivity contribution in [3.05, 3.63) is 39.8 Å². The van der Waals surface area contributed by atoms with Gasteiger partial charge in [0.1, 0.15) is 4.21 Å². The molecule has 3 N–H and O–H groups in total. The average Bonchev–Trinajstić information content (AvgIpc) is 3.02. The number of aryl methyl sites for hydroxylation is 2. The van der Waals surface area contributed by atoms with Crippen LogP contribution in [0.1, 0.15) is 25.1 Å². The van der Waals surface area contributed by atoms with Gasteiger partial charge in [0.05, 0.1) is 0 Å². The molecule has 0 aliphatic rings. The second-order valence-corrected chi connectivity index (χ2v) is 8.59. The highest BCUT2D eigenvalue weighted by Gasteiger charge is 2.18. The lowest BCUT2D eigenvalue weighted by Crippen LogP contribution is -2.33. The molecule has 0 aliphatic heterocycles. The fourth-order valence-corrected chi connectivity index (χ4v) is 4.74. The minimum Gasteiger partial charge on any atom is -0.355 e. The molecule has 9 heteroatoms. The average molecular weight is 383 g/mol. The van der Waals surface area contributed by atoms with Crippen LogP contribution < -0.4 is 15.6 Å². The Kier molecular flexibility index (Phi) is 6.15. The molecular formula is C16H21N3O4S2. The first-order valence-electron chi connectivity index (χ1n) is 7.81. The number of aromatic nitrogens is 1. The molecule has 2 aromatic rings. The van der Waals surface area contributed by atoms with Crippen LogP contribution in [0.25, 0.3) is 10.4 Å². The van der Waals surface area contributed by atoms with Crippen LogP contribution in [0.4, 0.5) is 0 Å². The van der Waals surface area contributed by atoms with Crippen LogP contribution in [-0.4, -0.2) is 32.4 Å². The van der Waals surface area contributed by atoms with E-state index in [1.54, 1.807) is 19.1 Å². The molecule has 2 heterocycles. The third kappa shape index (κ3) is 4.77. The van der Waals surface area contributed by atoms with E-state index < -0.39 is 10.0 Å². The summed E-state index contributed by atoms with van der Waals surface area (Å²) in [5.74, 6) is -0.210. The molecule has 0 saturated heterocycles. The lowest BCUT2D eigenvalue weighted by atomic mass is 10.1. The fourth-order valence-electron chi connectivity index (χ4n) is 2.29. The van der Waals surface area contributed by atoms with Gasteiger partial charge in [-0.25, -0.2) is 13.1 Å². The minimum atomic E-state index is -3.64. The van der Waals surface area contributed by atoms with Crippen molar-refractivity contribution in [1.29, 1.82) is 0 Å². The molecular weight excluding hydrogens is 362 g/mol. The maximum absolute atomic E-state index is 12.3. The lowest BCUT2D eigenvalue weighted by molar-refractivity contribution is -0.118. The molecule has 0 saturated carbocycles. The summed E-state index contributed by atoms with van der Waals surface area (Å²) >= 11 is 1.14. The maximum atomic E-state index is 12.3. The molecule has 25 heavy (non-hydrogen) atoms. The largest absolute Gasteiger partial charge is 0.355 e. The number of thiophene rings is 1. The molecule has 0 fully saturated rings. The summed E-state index contributed by atoms with van der Waals surface area (Å²) in [6.07, 6.45) is 0.601. The Morgan fingerprint density at radius 3 is 2.64 bits per heavy atom. The van der Waals surface area contributed by atoms with E-state index in [1.807, 2.05) is 6.92 Å². The summed E-state index contributed by atoms with van der Waals surface area (Å²) in [4.78, 5) is 26.2. The van der Waals surface area contributed by atoms with Gasteiger partial charge in [0, 0.05) is 41.7 Å². The zero-order valence-corrected chi connectivity index (χ0v) is 15.9. The summed E-state index contributed by atoms with van der Waals surface area (Å²) < 4.78 is 27.3. The molecule has 7 nitrogen and oxygen atoms in total. The molecule has 0 bridgehead atoms. The molecule has 2 rings (SSSR count). The molecule has 2 aromatic heterocycles. The summed E-state index contributed by atoms with van der Waals surface area (Å²) in [7, 11) is -3.64. The summed E-state index contributed by atoms with van der Waals surface area (Å²) in [5.41, 5.74) is 2.06. The zero-order valence-electron chi connectivity index (χ0n) is 14.3. The standard InChI is InChI=1S/C16H21N3O4S2/c1-4-12-9-13(10(2)19-16(12)21)14-5-6-15(24-14)25(22,23)18-8-7-17-11(3)20/h5-6,9,18H,4,7-8H2,1-3H3,(H,17,20)(H,19,21). The van der Waals surface area contributed by atoms with Crippen molar-refractivity contribution in [2.75, 3.05) is 13.1 Å². The molecule has 0 aromatic carbocycles. The predicted molar refractivity (Wildman–Crippen MR) is 98.4 cm³/mol. The first-order chi connectivity index (χ1) is 11.7. The maximum Gasteiger partial charge on any atom is 0.251 e. The minimum absolute atomic E-state index is 0.118. The quantitative estimate of drug-likeness (QED) is 0.628. The monoisotopic (exact) mass is 383 g/mol. The fraction of sp³-hybridized carbons (Fsp3) is 0.375. The van der Waals surface area contributed by atoms with E-state index in [4.69, 9.17) is 0 Å². The predicted octanol–water partition coefficient (Wildman–Crippen LogP) is 1.39. The van der Waals surface area contributed by atoms with E-state index >= 15 is 0 Å². The van der Waals surface area contributed by atoms with Crippen LogP contribution in [0.3, 0.4) is 0 Å². The van der Waals surface area contributed by atoms with Gasteiger partial charge >= 0.3 is 0 Å². The zero-order chi connectivity index (χ0) is 18.6. The van der Waals surface area contributed by atoms with Gasteiger partial charge in [0.25, 0.3) is 5.56 Å². The molecule has 1 amide bonds. The smallest absolute Gasteiger partial charge is 0.251 e. The van der Waals surface area contributed by atoms with Gasteiger partial charge in [-0.3, -0.25) is 9.59 Å². The number of sulfonamides is 1. The van der Waals surface area contributed by atoms with Crippen LogP contribution in [0.15, 0.2) is 27.2 Å². The topological polar surface area (TPSA) is 108 Å². The van der Waals surface area contributed by atoms with Gasteiger partial charge in [0.2, 0.25) is 15.9 Å². The van der Waals surface area contributed by atoms with Crippen LogP contribution in [0, 0.1) is 6.92 Å².